The number of alkyl halides is 1. The molecule has 0 aliphatic rings. The van der Waals surface area contributed by atoms with Gasteiger partial charge in [0.25, 0.3) is 0 Å². The van der Waals surface area contributed by atoms with E-state index in [1.54, 1.807) is 12.1 Å². The number of hydrogen-bond acceptors (Lipinski definition) is 2. The Hall–Kier alpha value is -0.450. The molecule has 0 heterocycles. The quantitative estimate of drug-likeness (QED) is 0.504. The molecular formula is C14H20BrFO2. The van der Waals surface area contributed by atoms with Gasteiger partial charge in [0.05, 0.1) is 19.3 Å². The Bertz CT molecular complexity index is 333. The second-order valence-electron chi connectivity index (χ2n) is 4.00. The highest BCUT2D eigenvalue weighted by Crippen LogP contribution is 2.22. The van der Waals surface area contributed by atoms with E-state index in [1.165, 1.54) is 6.07 Å². The Morgan fingerprint density at radius 1 is 1.22 bits per heavy atom. The van der Waals surface area contributed by atoms with E-state index in [2.05, 4.69) is 22.9 Å². The van der Waals surface area contributed by atoms with Gasteiger partial charge in [-0.15, -0.1) is 0 Å². The molecule has 0 aromatic heterocycles. The summed E-state index contributed by atoms with van der Waals surface area (Å²) in [6.07, 6.45) is 1.93. The molecule has 0 fully saturated rings. The highest BCUT2D eigenvalue weighted by Gasteiger charge is 2.14. The van der Waals surface area contributed by atoms with Crippen molar-refractivity contribution in [3.8, 4) is 0 Å². The van der Waals surface area contributed by atoms with Crippen LogP contribution in [0.25, 0.3) is 0 Å². The molecule has 0 aliphatic carbocycles. The molecule has 0 saturated carbocycles. The fourth-order valence-electron chi connectivity index (χ4n) is 1.55. The summed E-state index contributed by atoms with van der Waals surface area (Å²) in [5.74, 6) is -0.228. The van der Waals surface area contributed by atoms with Crippen LogP contribution >= 0.6 is 15.9 Å². The van der Waals surface area contributed by atoms with E-state index >= 15 is 0 Å². The van der Waals surface area contributed by atoms with E-state index < -0.39 is 0 Å². The monoisotopic (exact) mass is 318 g/mol. The second kappa shape index (κ2) is 9.48. The summed E-state index contributed by atoms with van der Waals surface area (Å²) >= 11 is 3.35. The molecular weight excluding hydrogens is 299 g/mol. The highest BCUT2D eigenvalue weighted by atomic mass is 79.9. The van der Waals surface area contributed by atoms with Crippen molar-refractivity contribution in [3.05, 3.63) is 35.6 Å². The summed E-state index contributed by atoms with van der Waals surface area (Å²) in [5.41, 5.74) is 0.586. The average Bonchev–Trinajstić information content (AvgIpc) is 2.39. The zero-order valence-corrected chi connectivity index (χ0v) is 12.3. The van der Waals surface area contributed by atoms with E-state index in [-0.39, 0.29) is 11.9 Å². The first kappa shape index (κ1) is 15.6. The lowest BCUT2D eigenvalue weighted by molar-refractivity contribution is 0.0120. The van der Waals surface area contributed by atoms with Gasteiger partial charge >= 0.3 is 0 Å². The molecule has 1 atom stereocenters. The molecule has 102 valence electrons. The molecule has 1 unspecified atom stereocenters. The largest absolute Gasteiger partial charge is 0.379 e. The molecule has 4 heteroatoms. The molecule has 1 aromatic rings. The normalized spacial score (nSPS) is 12.6. The van der Waals surface area contributed by atoms with Crippen molar-refractivity contribution in [2.45, 2.75) is 25.9 Å². The zero-order valence-electron chi connectivity index (χ0n) is 10.7. The minimum Gasteiger partial charge on any atom is -0.379 e. The number of benzene rings is 1. The van der Waals surface area contributed by atoms with Crippen LogP contribution in [0.3, 0.4) is 0 Å². The SMILES string of the molecule is CCCCOCCOC(CBr)c1ccccc1F. The highest BCUT2D eigenvalue weighted by molar-refractivity contribution is 9.09. The maximum absolute atomic E-state index is 13.6. The summed E-state index contributed by atoms with van der Waals surface area (Å²) in [7, 11) is 0. The van der Waals surface area contributed by atoms with Crippen molar-refractivity contribution < 1.29 is 13.9 Å². The predicted octanol–water partition coefficient (Wildman–Crippen LogP) is 4.10. The molecule has 0 aliphatic heterocycles. The first-order chi connectivity index (χ1) is 8.79. The van der Waals surface area contributed by atoms with Gasteiger partial charge in [-0.1, -0.05) is 47.5 Å². The molecule has 0 amide bonds. The maximum atomic E-state index is 13.6. The van der Waals surface area contributed by atoms with Crippen LogP contribution < -0.4 is 0 Å². The van der Waals surface area contributed by atoms with Gasteiger partial charge < -0.3 is 9.47 Å². The van der Waals surface area contributed by atoms with Gasteiger partial charge in [-0.05, 0) is 12.5 Å². The van der Waals surface area contributed by atoms with Crippen LogP contribution in [0.15, 0.2) is 24.3 Å². The van der Waals surface area contributed by atoms with Gasteiger partial charge in [-0.3, -0.25) is 0 Å². The van der Waals surface area contributed by atoms with Crippen molar-refractivity contribution in [3.63, 3.8) is 0 Å². The van der Waals surface area contributed by atoms with Gasteiger partial charge in [0.15, 0.2) is 0 Å². The Morgan fingerprint density at radius 2 is 2.00 bits per heavy atom. The van der Waals surface area contributed by atoms with E-state index in [9.17, 15) is 4.39 Å². The van der Waals surface area contributed by atoms with Crippen LogP contribution in [0.1, 0.15) is 31.4 Å². The molecule has 0 bridgehead atoms. The van der Waals surface area contributed by atoms with Crippen LogP contribution in [-0.4, -0.2) is 25.2 Å². The molecule has 0 spiro atoms. The topological polar surface area (TPSA) is 18.5 Å². The van der Waals surface area contributed by atoms with Gasteiger partial charge in [0.1, 0.15) is 5.82 Å². The van der Waals surface area contributed by atoms with Crippen molar-refractivity contribution in [2.24, 2.45) is 0 Å². The van der Waals surface area contributed by atoms with Crippen molar-refractivity contribution >= 4 is 15.9 Å². The number of ether oxygens (including phenoxy) is 2. The van der Waals surface area contributed by atoms with E-state index in [0.29, 0.717) is 24.1 Å². The number of unbranched alkanes of at least 4 members (excludes halogenated alkanes) is 1. The van der Waals surface area contributed by atoms with Crippen molar-refractivity contribution in [1.82, 2.24) is 0 Å². The summed E-state index contributed by atoms with van der Waals surface area (Å²) in [6, 6.07) is 6.69. The van der Waals surface area contributed by atoms with Gasteiger partial charge in [-0.2, -0.15) is 0 Å². The molecule has 18 heavy (non-hydrogen) atoms. The van der Waals surface area contributed by atoms with E-state index in [0.717, 1.165) is 19.4 Å². The van der Waals surface area contributed by atoms with E-state index in [1.807, 2.05) is 6.07 Å². The molecule has 1 rings (SSSR count). The third kappa shape index (κ3) is 5.46. The summed E-state index contributed by atoms with van der Waals surface area (Å²) in [5, 5.41) is 0.572. The Morgan fingerprint density at radius 3 is 2.67 bits per heavy atom. The van der Waals surface area contributed by atoms with Crippen LogP contribution in [0.2, 0.25) is 0 Å². The zero-order chi connectivity index (χ0) is 13.2. The summed E-state index contributed by atoms with van der Waals surface area (Å²) < 4.78 is 24.6. The fourth-order valence-corrected chi connectivity index (χ4v) is 2.09. The van der Waals surface area contributed by atoms with Gasteiger partial charge in [-0.25, -0.2) is 4.39 Å². The average molecular weight is 319 g/mol. The smallest absolute Gasteiger partial charge is 0.129 e. The van der Waals surface area contributed by atoms with Crippen LogP contribution in [0, 0.1) is 5.82 Å². The lowest BCUT2D eigenvalue weighted by Gasteiger charge is -2.16. The number of hydrogen-bond donors (Lipinski definition) is 0. The molecule has 2 nitrogen and oxygen atoms in total. The Kier molecular flexibility index (Phi) is 8.22. The maximum Gasteiger partial charge on any atom is 0.129 e. The molecule has 1 aromatic carbocycles. The Labute approximate surface area is 117 Å². The first-order valence-corrected chi connectivity index (χ1v) is 7.41. The van der Waals surface area contributed by atoms with Crippen molar-refractivity contribution in [1.29, 1.82) is 0 Å². The third-order valence-corrected chi connectivity index (χ3v) is 3.17. The third-order valence-electron chi connectivity index (χ3n) is 2.58. The number of rotatable bonds is 9. The van der Waals surface area contributed by atoms with Gasteiger partial charge in [0.2, 0.25) is 0 Å². The summed E-state index contributed by atoms with van der Waals surface area (Å²) in [6.45, 7) is 3.92. The van der Waals surface area contributed by atoms with Crippen molar-refractivity contribution in [2.75, 3.05) is 25.2 Å². The minimum atomic E-state index is -0.263. The van der Waals surface area contributed by atoms with E-state index in [4.69, 9.17) is 9.47 Å². The lowest BCUT2D eigenvalue weighted by Crippen LogP contribution is -2.12. The summed E-state index contributed by atoms with van der Waals surface area (Å²) in [4.78, 5) is 0. The number of halogens is 2. The van der Waals surface area contributed by atoms with Crippen LogP contribution in [-0.2, 0) is 9.47 Å². The molecule has 0 N–H and O–H groups in total. The minimum absolute atomic E-state index is 0.228. The Balaban J connectivity index is 2.32. The molecule has 0 saturated heterocycles. The first-order valence-electron chi connectivity index (χ1n) is 6.29. The standard InChI is InChI=1S/C14H20BrFO2/c1-2-3-8-17-9-10-18-14(11-15)12-6-4-5-7-13(12)16/h4-7,14H,2-3,8-11H2,1H3. The van der Waals surface area contributed by atoms with Crippen LogP contribution in [0.5, 0.6) is 0 Å². The fraction of sp³-hybridized carbons (Fsp3) is 0.571. The van der Waals surface area contributed by atoms with Crippen LogP contribution in [0.4, 0.5) is 4.39 Å². The lowest BCUT2D eigenvalue weighted by atomic mass is 10.1. The van der Waals surface area contributed by atoms with Gasteiger partial charge in [0, 0.05) is 17.5 Å². The predicted molar refractivity (Wildman–Crippen MR) is 74.6 cm³/mol. The molecule has 0 radical (unpaired) electrons. The second-order valence-corrected chi connectivity index (χ2v) is 4.65.